The number of urea groups is 1. The van der Waals surface area contributed by atoms with Gasteiger partial charge in [-0.15, -0.1) is 0 Å². The number of ether oxygens (including phenoxy) is 1. The zero-order chi connectivity index (χ0) is 15.3. The first-order chi connectivity index (χ1) is 9.40. The Labute approximate surface area is 115 Å². The highest BCUT2D eigenvalue weighted by Gasteiger charge is 2.25. The second-order valence-electron chi connectivity index (χ2n) is 4.03. The third-order valence-corrected chi connectivity index (χ3v) is 2.59. The van der Waals surface area contributed by atoms with E-state index in [1.807, 2.05) is 12.2 Å². The highest BCUT2D eigenvalue weighted by Crippen LogP contribution is 2.16. The molecule has 3 amide bonds. The molecular weight excluding hydrogens is 266 g/mol. The lowest BCUT2D eigenvalue weighted by molar-refractivity contribution is -0.127. The van der Waals surface area contributed by atoms with Crippen LogP contribution in [-0.4, -0.2) is 36.2 Å². The number of carbonyl (C=O) groups excluding carboxylic acids is 3. The lowest BCUT2D eigenvalue weighted by atomic mass is 10.1. The first kappa shape index (κ1) is 15.7. The van der Waals surface area contributed by atoms with Gasteiger partial charge in [0.2, 0.25) is 0 Å². The topological polar surface area (TPSA) is 111 Å². The van der Waals surface area contributed by atoms with E-state index in [0.717, 1.165) is 0 Å². The Bertz CT molecular complexity index is 523. The molecule has 0 aliphatic carbocycles. The van der Waals surface area contributed by atoms with Gasteiger partial charge in [0.25, 0.3) is 5.91 Å². The van der Waals surface area contributed by atoms with E-state index in [-0.39, 0.29) is 5.56 Å². The van der Waals surface area contributed by atoms with Crippen molar-refractivity contribution in [3.63, 3.8) is 0 Å². The largest absolute Gasteiger partial charge is 0.449 e. The van der Waals surface area contributed by atoms with E-state index in [9.17, 15) is 14.4 Å². The van der Waals surface area contributed by atoms with Crippen molar-refractivity contribution in [1.82, 2.24) is 15.8 Å². The SMILES string of the molecule is CCc1noc(C)c1C(=O)O[C@H](C)C(=O)NC(=O)NC. The van der Waals surface area contributed by atoms with Crippen molar-refractivity contribution in [2.75, 3.05) is 7.05 Å². The molecule has 0 saturated carbocycles. The maximum Gasteiger partial charge on any atom is 0.344 e. The molecule has 1 rings (SSSR count). The van der Waals surface area contributed by atoms with Gasteiger partial charge in [0.1, 0.15) is 11.3 Å². The van der Waals surface area contributed by atoms with Crippen LogP contribution in [0.15, 0.2) is 4.52 Å². The maximum atomic E-state index is 12.0. The van der Waals surface area contributed by atoms with Gasteiger partial charge < -0.3 is 14.6 Å². The van der Waals surface area contributed by atoms with Crippen LogP contribution in [-0.2, 0) is 16.0 Å². The van der Waals surface area contributed by atoms with Crippen LogP contribution in [0.2, 0.25) is 0 Å². The Hall–Kier alpha value is -2.38. The average Bonchev–Trinajstić information content (AvgIpc) is 2.79. The minimum absolute atomic E-state index is 0.215. The molecule has 0 bridgehead atoms. The fourth-order valence-electron chi connectivity index (χ4n) is 1.47. The molecule has 0 saturated heterocycles. The quantitative estimate of drug-likeness (QED) is 0.780. The van der Waals surface area contributed by atoms with Gasteiger partial charge in [-0.05, 0) is 20.3 Å². The number of carbonyl (C=O) groups is 3. The van der Waals surface area contributed by atoms with Crippen molar-refractivity contribution < 1.29 is 23.6 Å². The highest BCUT2D eigenvalue weighted by atomic mass is 16.5. The molecule has 0 aliphatic heterocycles. The Kier molecular flexibility index (Phi) is 5.24. The van der Waals surface area contributed by atoms with Crippen molar-refractivity contribution in [3.05, 3.63) is 17.0 Å². The minimum Gasteiger partial charge on any atom is -0.449 e. The van der Waals surface area contributed by atoms with Crippen molar-refractivity contribution in [3.8, 4) is 0 Å². The van der Waals surface area contributed by atoms with E-state index >= 15 is 0 Å². The van der Waals surface area contributed by atoms with Gasteiger partial charge in [0.15, 0.2) is 6.10 Å². The van der Waals surface area contributed by atoms with Crippen LogP contribution < -0.4 is 10.6 Å². The maximum absolute atomic E-state index is 12.0. The van der Waals surface area contributed by atoms with Gasteiger partial charge in [-0.1, -0.05) is 12.1 Å². The van der Waals surface area contributed by atoms with Crippen LogP contribution in [0.3, 0.4) is 0 Å². The first-order valence-electron chi connectivity index (χ1n) is 6.09. The number of aromatic nitrogens is 1. The molecule has 0 fully saturated rings. The van der Waals surface area contributed by atoms with Gasteiger partial charge >= 0.3 is 12.0 Å². The van der Waals surface area contributed by atoms with Gasteiger partial charge in [0.05, 0.1) is 5.69 Å². The van der Waals surface area contributed by atoms with E-state index in [4.69, 9.17) is 9.26 Å². The highest BCUT2D eigenvalue weighted by molar-refractivity contribution is 5.98. The second kappa shape index (κ2) is 6.69. The van der Waals surface area contributed by atoms with Crippen LogP contribution in [0, 0.1) is 6.92 Å². The summed E-state index contributed by atoms with van der Waals surface area (Å²) in [7, 11) is 1.37. The molecule has 2 N–H and O–H groups in total. The summed E-state index contributed by atoms with van der Waals surface area (Å²) in [6, 6.07) is -0.673. The Balaban J connectivity index is 2.72. The van der Waals surface area contributed by atoms with Crippen molar-refractivity contribution in [2.24, 2.45) is 0 Å². The summed E-state index contributed by atoms with van der Waals surface area (Å²) in [6.07, 6.45) is -0.612. The molecule has 8 nitrogen and oxygen atoms in total. The van der Waals surface area contributed by atoms with Crippen LogP contribution in [0.4, 0.5) is 4.79 Å². The first-order valence-corrected chi connectivity index (χ1v) is 6.09. The Morgan fingerprint density at radius 2 is 2.05 bits per heavy atom. The average molecular weight is 283 g/mol. The molecule has 0 radical (unpaired) electrons. The zero-order valence-corrected chi connectivity index (χ0v) is 11.8. The third kappa shape index (κ3) is 3.56. The van der Waals surface area contributed by atoms with Crippen molar-refractivity contribution in [2.45, 2.75) is 33.3 Å². The summed E-state index contributed by atoms with van der Waals surface area (Å²) in [5, 5.41) is 7.97. The molecule has 1 heterocycles. The molecule has 0 unspecified atom stereocenters. The van der Waals surface area contributed by atoms with Gasteiger partial charge in [-0.25, -0.2) is 9.59 Å². The van der Waals surface area contributed by atoms with Crippen LogP contribution in [0.25, 0.3) is 0 Å². The van der Waals surface area contributed by atoms with Crippen molar-refractivity contribution in [1.29, 1.82) is 0 Å². The number of aryl methyl sites for hydroxylation is 2. The van der Waals surface area contributed by atoms with E-state index in [0.29, 0.717) is 17.9 Å². The zero-order valence-electron chi connectivity index (χ0n) is 11.8. The number of hydrogen-bond donors (Lipinski definition) is 2. The normalized spacial score (nSPS) is 11.6. The summed E-state index contributed by atoms with van der Waals surface area (Å²) < 4.78 is 9.91. The van der Waals surface area contributed by atoms with E-state index in [1.165, 1.54) is 14.0 Å². The molecular formula is C12H17N3O5. The van der Waals surface area contributed by atoms with Crippen molar-refractivity contribution >= 4 is 17.9 Å². The standard InChI is InChI=1S/C12H17N3O5/c1-5-8-9(6(2)20-15-8)11(17)19-7(3)10(16)14-12(18)13-4/h7H,5H2,1-4H3,(H2,13,14,16,18)/t7-/m1/s1. The summed E-state index contributed by atoms with van der Waals surface area (Å²) >= 11 is 0. The molecule has 8 heteroatoms. The Morgan fingerprint density at radius 1 is 1.40 bits per heavy atom. The number of rotatable bonds is 4. The predicted molar refractivity (Wildman–Crippen MR) is 68.1 cm³/mol. The minimum atomic E-state index is -1.11. The van der Waals surface area contributed by atoms with Crippen LogP contribution in [0.5, 0.6) is 0 Å². The molecule has 20 heavy (non-hydrogen) atoms. The lowest BCUT2D eigenvalue weighted by Crippen LogP contribution is -2.43. The second-order valence-corrected chi connectivity index (χ2v) is 4.03. The third-order valence-electron chi connectivity index (χ3n) is 2.59. The molecule has 1 aromatic heterocycles. The smallest absolute Gasteiger partial charge is 0.344 e. The van der Waals surface area contributed by atoms with E-state index in [2.05, 4.69) is 10.5 Å². The fraction of sp³-hybridized carbons (Fsp3) is 0.500. The van der Waals surface area contributed by atoms with E-state index in [1.54, 1.807) is 6.92 Å². The Morgan fingerprint density at radius 3 is 2.60 bits per heavy atom. The number of hydrogen-bond acceptors (Lipinski definition) is 6. The fourth-order valence-corrected chi connectivity index (χ4v) is 1.47. The van der Waals surface area contributed by atoms with E-state index < -0.39 is 24.0 Å². The molecule has 0 spiro atoms. The number of imide groups is 1. The van der Waals surface area contributed by atoms with Crippen LogP contribution in [0.1, 0.15) is 35.7 Å². The van der Waals surface area contributed by atoms with Gasteiger partial charge in [-0.3, -0.25) is 10.1 Å². The molecule has 110 valence electrons. The number of amides is 3. The number of nitrogens with zero attached hydrogens (tertiary/aromatic N) is 1. The summed E-state index contributed by atoms with van der Waals surface area (Å²) in [6.45, 7) is 4.76. The molecule has 1 aromatic rings. The predicted octanol–water partition coefficient (Wildman–Crippen LogP) is 0.546. The summed E-state index contributed by atoms with van der Waals surface area (Å²) in [5.74, 6) is -1.10. The van der Waals surface area contributed by atoms with Gasteiger partial charge in [0, 0.05) is 7.05 Å². The molecule has 0 aliphatic rings. The summed E-state index contributed by atoms with van der Waals surface area (Å²) in [4.78, 5) is 34.5. The lowest BCUT2D eigenvalue weighted by Gasteiger charge is -2.12. The molecule has 1 atom stereocenters. The van der Waals surface area contributed by atoms with Crippen LogP contribution >= 0.6 is 0 Å². The molecule has 0 aromatic carbocycles. The monoisotopic (exact) mass is 283 g/mol. The number of nitrogens with one attached hydrogen (secondary N) is 2. The summed E-state index contributed by atoms with van der Waals surface area (Å²) in [5.41, 5.74) is 0.679. The van der Waals surface area contributed by atoms with Gasteiger partial charge in [-0.2, -0.15) is 0 Å². The number of esters is 1.